The van der Waals surface area contributed by atoms with Gasteiger partial charge in [0.05, 0.1) is 16.2 Å². The molecule has 1 aliphatic heterocycles. The highest BCUT2D eigenvalue weighted by Gasteiger charge is 2.24. The van der Waals surface area contributed by atoms with Crippen LogP contribution >= 0.6 is 0 Å². The van der Waals surface area contributed by atoms with Gasteiger partial charge in [-0.1, -0.05) is 6.92 Å². The van der Waals surface area contributed by atoms with Crippen molar-refractivity contribution in [2.75, 3.05) is 24.6 Å². The summed E-state index contributed by atoms with van der Waals surface area (Å²) < 4.78 is 4.94. The number of ether oxygens (including phenoxy) is 1. The molecule has 23 heavy (non-hydrogen) atoms. The van der Waals surface area contributed by atoms with Crippen molar-refractivity contribution >= 4 is 23.1 Å². The van der Waals surface area contributed by atoms with E-state index in [4.69, 9.17) is 4.74 Å². The number of nitro benzene ring substituents is 1. The number of Topliss-reactive ketones (excluding diaryl/α,β-unsaturated/α-hetero) is 1. The Morgan fingerprint density at radius 2 is 2.00 bits per heavy atom. The third kappa shape index (κ3) is 4.28. The fourth-order valence-corrected chi connectivity index (χ4v) is 2.57. The van der Waals surface area contributed by atoms with Crippen molar-refractivity contribution < 1.29 is 19.2 Å². The van der Waals surface area contributed by atoms with Crippen molar-refractivity contribution in [1.29, 1.82) is 0 Å². The van der Waals surface area contributed by atoms with E-state index < -0.39 is 10.9 Å². The van der Waals surface area contributed by atoms with Crippen LogP contribution in [0.25, 0.3) is 0 Å². The van der Waals surface area contributed by atoms with Crippen molar-refractivity contribution in [3.05, 3.63) is 33.9 Å². The van der Waals surface area contributed by atoms with Gasteiger partial charge < -0.3 is 9.64 Å². The molecule has 0 N–H and O–H groups in total. The number of nitro groups is 1. The molecule has 7 nitrogen and oxygen atoms in total. The van der Waals surface area contributed by atoms with E-state index in [1.54, 1.807) is 6.07 Å². The van der Waals surface area contributed by atoms with Crippen LogP contribution in [0, 0.1) is 16.0 Å². The highest BCUT2D eigenvalue weighted by atomic mass is 16.6. The Morgan fingerprint density at radius 1 is 1.35 bits per heavy atom. The van der Waals surface area contributed by atoms with Gasteiger partial charge in [0.2, 0.25) is 0 Å². The third-order valence-corrected chi connectivity index (χ3v) is 3.94. The van der Waals surface area contributed by atoms with Gasteiger partial charge in [0.25, 0.3) is 5.69 Å². The van der Waals surface area contributed by atoms with Crippen LogP contribution in [0.5, 0.6) is 0 Å². The molecule has 0 spiro atoms. The molecule has 1 saturated heterocycles. The Balaban J connectivity index is 2.30. The Labute approximate surface area is 134 Å². The number of rotatable bonds is 5. The van der Waals surface area contributed by atoms with E-state index in [9.17, 15) is 19.7 Å². The molecule has 0 radical (unpaired) electrons. The van der Waals surface area contributed by atoms with Gasteiger partial charge in [0.15, 0.2) is 5.78 Å². The van der Waals surface area contributed by atoms with Crippen molar-refractivity contribution in [1.82, 2.24) is 0 Å². The van der Waals surface area contributed by atoms with Gasteiger partial charge in [-0.25, -0.2) is 4.79 Å². The first-order valence-corrected chi connectivity index (χ1v) is 7.58. The largest absolute Gasteiger partial charge is 0.454 e. The van der Waals surface area contributed by atoms with E-state index >= 15 is 0 Å². The van der Waals surface area contributed by atoms with E-state index in [-0.39, 0.29) is 23.6 Å². The van der Waals surface area contributed by atoms with Gasteiger partial charge in [-0.2, -0.15) is 0 Å². The van der Waals surface area contributed by atoms with Crippen LogP contribution in [0.15, 0.2) is 18.2 Å². The zero-order valence-corrected chi connectivity index (χ0v) is 13.3. The Kier molecular flexibility index (Phi) is 5.31. The van der Waals surface area contributed by atoms with Crippen molar-refractivity contribution in [2.24, 2.45) is 5.92 Å². The first-order chi connectivity index (χ1) is 10.9. The zero-order chi connectivity index (χ0) is 17.0. The number of ketones is 1. The summed E-state index contributed by atoms with van der Waals surface area (Å²) in [6, 6.07) is 4.18. The maximum atomic E-state index is 12.2. The average Bonchev–Trinajstić information content (AvgIpc) is 2.52. The number of hydrogen-bond acceptors (Lipinski definition) is 6. The fourth-order valence-electron chi connectivity index (χ4n) is 2.57. The van der Waals surface area contributed by atoms with E-state index in [2.05, 4.69) is 6.92 Å². The zero-order valence-electron chi connectivity index (χ0n) is 13.3. The Morgan fingerprint density at radius 3 is 2.57 bits per heavy atom. The quantitative estimate of drug-likeness (QED) is 0.470. The topological polar surface area (TPSA) is 89.8 Å². The summed E-state index contributed by atoms with van der Waals surface area (Å²) in [5.74, 6) is -0.368. The highest BCUT2D eigenvalue weighted by molar-refractivity contribution is 5.97. The number of piperidine rings is 1. The molecule has 0 saturated carbocycles. The van der Waals surface area contributed by atoms with Crippen LogP contribution in [0.3, 0.4) is 0 Å². The first-order valence-electron chi connectivity index (χ1n) is 7.58. The minimum atomic E-state index is -0.711. The normalized spacial score (nSPS) is 15.3. The second-order valence-corrected chi connectivity index (χ2v) is 5.91. The van der Waals surface area contributed by atoms with Gasteiger partial charge in [-0.15, -0.1) is 0 Å². The van der Waals surface area contributed by atoms with Gasteiger partial charge >= 0.3 is 5.97 Å². The highest BCUT2D eigenvalue weighted by Crippen LogP contribution is 2.29. The minimum Gasteiger partial charge on any atom is -0.454 e. The van der Waals surface area contributed by atoms with Gasteiger partial charge in [0, 0.05) is 25.2 Å². The molecular formula is C16H20N2O5. The summed E-state index contributed by atoms with van der Waals surface area (Å²) in [5.41, 5.74) is 0.583. The predicted molar refractivity (Wildman–Crippen MR) is 84.7 cm³/mol. The van der Waals surface area contributed by atoms with Gasteiger partial charge in [-0.05, 0) is 31.7 Å². The second kappa shape index (κ2) is 7.21. The predicted octanol–water partition coefficient (Wildman–Crippen LogP) is 2.58. The summed E-state index contributed by atoms with van der Waals surface area (Å²) in [7, 11) is 0. The lowest BCUT2D eigenvalue weighted by Crippen LogP contribution is -2.34. The molecule has 0 bridgehead atoms. The molecule has 124 valence electrons. The number of carbonyl (C=O) groups excluding carboxylic acids is 2. The number of hydrogen-bond donors (Lipinski definition) is 0. The second-order valence-electron chi connectivity index (χ2n) is 5.91. The lowest BCUT2D eigenvalue weighted by Gasteiger charge is -2.33. The van der Waals surface area contributed by atoms with Crippen LogP contribution in [0.2, 0.25) is 0 Å². The molecule has 1 heterocycles. The van der Waals surface area contributed by atoms with Crippen LogP contribution in [0.4, 0.5) is 11.4 Å². The molecule has 0 aromatic heterocycles. The summed E-state index contributed by atoms with van der Waals surface area (Å²) in [6.07, 6.45) is 2.00. The number of nitrogens with zero attached hydrogens (tertiary/aromatic N) is 2. The molecule has 0 unspecified atom stereocenters. The van der Waals surface area contributed by atoms with Gasteiger partial charge in [-0.3, -0.25) is 14.9 Å². The van der Waals surface area contributed by atoms with E-state index in [0.717, 1.165) is 25.9 Å². The maximum Gasteiger partial charge on any atom is 0.340 e. The maximum absolute atomic E-state index is 12.2. The van der Waals surface area contributed by atoms with Gasteiger partial charge in [0.1, 0.15) is 6.61 Å². The molecule has 1 aliphatic rings. The number of anilines is 1. The molecule has 7 heteroatoms. The summed E-state index contributed by atoms with van der Waals surface area (Å²) in [5, 5.41) is 11.0. The number of benzene rings is 1. The number of non-ortho nitro benzene ring substituents is 1. The molecule has 2 rings (SSSR count). The molecule has 0 aliphatic carbocycles. The average molecular weight is 320 g/mol. The SMILES string of the molecule is CC(=O)COC(=O)c1cc([N+](=O)[O-])ccc1N1CCC(C)CC1. The molecule has 1 aromatic carbocycles. The van der Waals surface area contributed by atoms with Crippen molar-refractivity contribution in [2.45, 2.75) is 26.7 Å². The van der Waals surface area contributed by atoms with E-state index in [1.807, 2.05) is 4.90 Å². The van der Waals surface area contributed by atoms with Crippen LogP contribution < -0.4 is 4.90 Å². The summed E-state index contributed by atoms with van der Waals surface area (Å²) in [6.45, 7) is 4.72. The number of esters is 1. The van der Waals surface area contributed by atoms with Crippen molar-refractivity contribution in [3.63, 3.8) is 0 Å². The third-order valence-electron chi connectivity index (χ3n) is 3.94. The number of carbonyl (C=O) groups is 2. The first kappa shape index (κ1) is 16.9. The molecule has 0 amide bonds. The Bertz CT molecular complexity index is 621. The molecule has 1 fully saturated rings. The van der Waals surface area contributed by atoms with Crippen molar-refractivity contribution in [3.8, 4) is 0 Å². The van der Waals surface area contributed by atoms with E-state index in [0.29, 0.717) is 11.6 Å². The summed E-state index contributed by atoms with van der Waals surface area (Å²) >= 11 is 0. The molecular weight excluding hydrogens is 300 g/mol. The van der Waals surface area contributed by atoms with Crippen LogP contribution in [0.1, 0.15) is 37.0 Å². The lowest BCUT2D eigenvalue weighted by atomic mass is 9.98. The fraction of sp³-hybridized carbons (Fsp3) is 0.500. The lowest BCUT2D eigenvalue weighted by molar-refractivity contribution is -0.384. The minimum absolute atomic E-state index is 0.134. The monoisotopic (exact) mass is 320 g/mol. The Hall–Kier alpha value is -2.44. The van der Waals surface area contributed by atoms with Crippen LogP contribution in [-0.2, 0) is 9.53 Å². The molecule has 1 aromatic rings. The standard InChI is InChI=1S/C16H20N2O5/c1-11-5-7-17(8-6-11)15-4-3-13(18(21)22)9-14(15)16(20)23-10-12(2)19/h3-4,9,11H,5-8,10H2,1-2H3. The summed E-state index contributed by atoms with van der Waals surface area (Å²) in [4.78, 5) is 35.7. The smallest absolute Gasteiger partial charge is 0.340 e. The van der Waals surface area contributed by atoms with E-state index in [1.165, 1.54) is 19.1 Å². The molecule has 0 atom stereocenters. The van der Waals surface area contributed by atoms with Crippen LogP contribution in [-0.4, -0.2) is 36.4 Å².